The minimum absolute atomic E-state index is 0.0834. The Morgan fingerprint density at radius 1 is 1.38 bits per heavy atom. The summed E-state index contributed by atoms with van der Waals surface area (Å²) in [7, 11) is 2.12. The fraction of sp³-hybridized carbons (Fsp3) is 0.615. The zero-order valence-corrected chi connectivity index (χ0v) is 9.84. The van der Waals surface area contributed by atoms with Crippen LogP contribution < -0.4 is 0 Å². The van der Waals surface area contributed by atoms with Crippen LogP contribution in [0.25, 0.3) is 0 Å². The third-order valence-corrected chi connectivity index (χ3v) is 3.37. The van der Waals surface area contributed by atoms with E-state index >= 15 is 0 Å². The summed E-state index contributed by atoms with van der Waals surface area (Å²) in [6.07, 6.45) is 6.89. The van der Waals surface area contributed by atoms with Gasteiger partial charge in [-0.2, -0.15) is 0 Å². The molecule has 3 nitrogen and oxygen atoms in total. The number of pyridine rings is 1. The highest BCUT2D eigenvalue weighted by atomic mass is 16.3. The first-order valence-electron chi connectivity index (χ1n) is 6.01. The van der Waals surface area contributed by atoms with Crippen LogP contribution in [0.15, 0.2) is 24.5 Å². The molecule has 88 valence electrons. The van der Waals surface area contributed by atoms with Gasteiger partial charge in [-0.3, -0.25) is 4.98 Å². The van der Waals surface area contributed by atoms with Crippen molar-refractivity contribution in [3.63, 3.8) is 0 Å². The number of aromatic nitrogens is 1. The number of hydrogen-bond acceptors (Lipinski definition) is 3. The van der Waals surface area contributed by atoms with Crippen LogP contribution in [0, 0.1) is 5.92 Å². The summed E-state index contributed by atoms with van der Waals surface area (Å²) >= 11 is 0. The number of aliphatic hydroxyl groups is 1. The lowest BCUT2D eigenvalue weighted by Crippen LogP contribution is -2.29. The Kier molecular flexibility index (Phi) is 3.91. The molecule has 1 aromatic heterocycles. The van der Waals surface area contributed by atoms with E-state index in [2.05, 4.69) is 16.9 Å². The van der Waals surface area contributed by atoms with Crippen LogP contribution in [0.2, 0.25) is 0 Å². The molecule has 0 saturated heterocycles. The Morgan fingerprint density at radius 3 is 2.75 bits per heavy atom. The molecule has 0 radical (unpaired) electrons. The molecule has 0 bridgehead atoms. The summed E-state index contributed by atoms with van der Waals surface area (Å²) in [5, 5.41) is 9.77. The van der Waals surface area contributed by atoms with Gasteiger partial charge in [0, 0.05) is 25.5 Å². The second-order valence-corrected chi connectivity index (χ2v) is 4.81. The van der Waals surface area contributed by atoms with E-state index in [1.54, 1.807) is 0 Å². The van der Waals surface area contributed by atoms with Crippen LogP contribution in [0.4, 0.5) is 0 Å². The van der Waals surface area contributed by atoms with Gasteiger partial charge in [0.1, 0.15) is 0 Å². The highest BCUT2D eigenvalue weighted by Crippen LogP contribution is 2.26. The summed E-state index contributed by atoms with van der Waals surface area (Å²) in [5.41, 5.74) is 1.28. The summed E-state index contributed by atoms with van der Waals surface area (Å²) in [6, 6.07) is 4.09. The number of aliphatic hydroxyl groups excluding tert-OH is 1. The molecule has 3 heteroatoms. The molecule has 16 heavy (non-hydrogen) atoms. The SMILES string of the molecule is CN(Cc1ccncc1)CC1CCCC1O. The smallest absolute Gasteiger partial charge is 0.0580 e. The van der Waals surface area contributed by atoms with Crippen LogP contribution in [-0.4, -0.2) is 34.7 Å². The van der Waals surface area contributed by atoms with Crippen LogP contribution in [0.3, 0.4) is 0 Å². The van der Waals surface area contributed by atoms with Crippen LogP contribution >= 0.6 is 0 Å². The maximum absolute atomic E-state index is 9.77. The van der Waals surface area contributed by atoms with Crippen molar-refractivity contribution in [3.05, 3.63) is 30.1 Å². The zero-order valence-electron chi connectivity index (χ0n) is 9.84. The third kappa shape index (κ3) is 3.03. The molecular weight excluding hydrogens is 200 g/mol. The Hall–Kier alpha value is -0.930. The van der Waals surface area contributed by atoms with Gasteiger partial charge in [0.2, 0.25) is 0 Å². The number of rotatable bonds is 4. The molecule has 1 heterocycles. The lowest BCUT2D eigenvalue weighted by atomic mass is 10.1. The molecule has 1 fully saturated rings. The van der Waals surface area contributed by atoms with E-state index < -0.39 is 0 Å². The van der Waals surface area contributed by atoms with Gasteiger partial charge in [-0.05, 0) is 43.5 Å². The Balaban J connectivity index is 1.82. The second-order valence-electron chi connectivity index (χ2n) is 4.81. The van der Waals surface area contributed by atoms with Gasteiger partial charge in [0.25, 0.3) is 0 Å². The number of nitrogens with zero attached hydrogens (tertiary/aromatic N) is 2. The molecule has 1 aliphatic rings. The van der Waals surface area contributed by atoms with Crippen LogP contribution in [0.5, 0.6) is 0 Å². The Labute approximate surface area is 97.1 Å². The van der Waals surface area contributed by atoms with Crippen LogP contribution in [-0.2, 0) is 6.54 Å². The molecule has 1 aliphatic carbocycles. The average molecular weight is 220 g/mol. The first kappa shape index (κ1) is 11.6. The second kappa shape index (κ2) is 5.41. The molecule has 0 amide bonds. The van der Waals surface area contributed by atoms with Crippen molar-refractivity contribution in [1.29, 1.82) is 0 Å². The van der Waals surface area contributed by atoms with Gasteiger partial charge in [-0.1, -0.05) is 6.42 Å². The van der Waals surface area contributed by atoms with Crippen molar-refractivity contribution in [1.82, 2.24) is 9.88 Å². The molecular formula is C13H20N2O. The van der Waals surface area contributed by atoms with Crippen LogP contribution in [0.1, 0.15) is 24.8 Å². The lowest BCUT2D eigenvalue weighted by Gasteiger charge is -2.23. The predicted octanol–water partition coefficient (Wildman–Crippen LogP) is 1.67. The molecule has 0 aliphatic heterocycles. The molecule has 2 atom stereocenters. The average Bonchev–Trinajstić information content (AvgIpc) is 2.66. The van der Waals surface area contributed by atoms with Gasteiger partial charge in [-0.25, -0.2) is 0 Å². The maximum Gasteiger partial charge on any atom is 0.0580 e. The highest BCUT2D eigenvalue weighted by molar-refractivity contribution is 5.09. The van der Waals surface area contributed by atoms with Gasteiger partial charge >= 0.3 is 0 Å². The van der Waals surface area contributed by atoms with E-state index in [9.17, 15) is 5.11 Å². The van der Waals surface area contributed by atoms with Crippen molar-refractivity contribution in [2.24, 2.45) is 5.92 Å². The maximum atomic E-state index is 9.77. The molecule has 2 unspecified atom stereocenters. The van der Waals surface area contributed by atoms with E-state index in [0.717, 1.165) is 19.5 Å². The van der Waals surface area contributed by atoms with Crippen molar-refractivity contribution < 1.29 is 5.11 Å². The molecule has 2 rings (SSSR count). The summed E-state index contributed by atoms with van der Waals surface area (Å²) in [5.74, 6) is 0.465. The Bertz CT molecular complexity index is 315. The fourth-order valence-corrected chi connectivity index (χ4v) is 2.49. The monoisotopic (exact) mass is 220 g/mol. The number of hydrogen-bond donors (Lipinski definition) is 1. The van der Waals surface area contributed by atoms with Crippen molar-refractivity contribution in [2.75, 3.05) is 13.6 Å². The van der Waals surface area contributed by atoms with E-state index in [1.165, 1.54) is 18.4 Å². The normalized spacial score (nSPS) is 25.2. The zero-order chi connectivity index (χ0) is 11.4. The summed E-state index contributed by atoms with van der Waals surface area (Å²) < 4.78 is 0. The van der Waals surface area contributed by atoms with Crippen molar-refractivity contribution in [2.45, 2.75) is 31.9 Å². The summed E-state index contributed by atoms with van der Waals surface area (Å²) in [4.78, 5) is 6.30. The minimum atomic E-state index is -0.0834. The third-order valence-electron chi connectivity index (χ3n) is 3.37. The van der Waals surface area contributed by atoms with E-state index in [-0.39, 0.29) is 6.10 Å². The van der Waals surface area contributed by atoms with Gasteiger partial charge in [0.15, 0.2) is 0 Å². The molecule has 1 N–H and O–H groups in total. The van der Waals surface area contributed by atoms with Gasteiger partial charge in [0.05, 0.1) is 6.10 Å². The van der Waals surface area contributed by atoms with Gasteiger partial charge in [-0.15, -0.1) is 0 Å². The van der Waals surface area contributed by atoms with E-state index in [4.69, 9.17) is 0 Å². The molecule has 1 aromatic rings. The topological polar surface area (TPSA) is 36.4 Å². The van der Waals surface area contributed by atoms with Crippen molar-refractivity contribution in [3.8, 4) is 0 Å². The van der Waals surface area contributed by atoms with E-state index in [0.29, 0.717) is 5.92 Å². The largest absolute Gasteiger partial charge is 0.393 e. The Morgan fingerprint density at radius 2 is 2.12 bits per heavy atom. The molecule has 0 aromatic carbocycles. The summed E-state index contributed by atoms with van der Waals surface area (Å²) in [6.45, 7) is 1.93. The van der Waals surface area contributed by atoms with Crippen molar-refractivity contribution >= 4 is 0 Å². The standard InChI is InChI=1S/C13H20N2O/c1-15(9-11-5-7-14-8-6-11)10-12-3-2-4-13(12)16/h5-8,12-13,16H,2-4,9-10H2,1H3. The molecule has 1 saturated carbocycles. The quantitative estimate of drug-likeness (QED) is 0.838. The first-order valence-corrected chi connectivity index (χ1v) is 6.01. The highest BCUT2D eigenvalue weighted by Gasteiger charge is 2.25. The fourth-order valence-electron chi connectivity index (χ4n) is 2.49. The predicted molar refractivity (Wildman–Crippen MR) is 63.9 cm³/mol. The van der Waals surface area contributed by atoms with E-state index in [1.807, 2.05) is 24.5 Å². The lowest BCUT2D eigenvalue weighted by molar-refractivity contribution is 0.108. The first-order chi connectivity index (χ1) is 7.75. The minimum Gasteiger partial charge on any atom is -0.393 e. The van der Waals surface area contributed by atoms with Gasteiger partial charge < -0.3 is 10.0 Å². The molecule has 0 spiro atoms.